The SMILES string of the molecule is COc1ccc(Cl)cc1N(C(C)C(=O)NCCOc1ccccc1C)S(C)(=O)=O. The molecule has 0 aliphatic rings. The summed E-state index contributed by atoms with van der Waals surface area (Å²) in [6.07, 6.45) is 1.03. The molecule has 158 valence electrons. The predicted molar refractivity (Wildman–Crippen MR) is 114 cm³/mol. The molecule has 9 heteroatoms. The molecule has 0 aliphatic heterocycles. The number of ether oxygens (including phenoxy) is 2. The lowest BCUT2D eigenvalue weighted by atomic mass is 10.2. The smallest absolute Gasteiger partial charge is 0.243 e. The van der Waals surface area contributed by atoms with Crippen LogP contribution in [0, 0.1) is 6.92 Å². The fourth-order valence-corrected chi connectivity index (χ4v) is 4.15. The van der Waals surface area contributed by atoms with Gasteiger partial charge < -0.3 is 14.8 Å². The van der Waals surface area contributed by atoms with E-state index >= 15 is 0 Å². The van der Waals surface area contributed by atoms with Crippen LogP contribution >= 0.6 is 11.6 Å². The van der Waals surface area contributed by atoms with E-state index in [4.69, 9.17) is 21.1 Å². The number of carbonyl (C=O) groups is 1. The molecule has 29 heavy (non-hydrogen) atoms. The van der Waals surface area contributed by atoms with E-state index in [1.807, 2.05) is 31.2 Å². The van der Waals surface area contributed by atoms with Crippen LogP contribution in [-0.2, 0) is 14.8 Å². The molecule has 0 saturated heterocycles. The highest BCUT2D eigenvalue weighted by Crippen LogP contribution is 2.34. The molecule has 0 heterocycles. The van der Waals surface area contributed by atoms with Crippen LogP contribution in [0.3, 0.4) is 0 Å². The van der Waals surface area contributed by atoms with Gasteiger partial charge in [0, 0.05) is 5.02 Å². The lowest BCUT2D eigenvalue weighted by Gasteiger charge is -2.29. The first-order chi connectivity index (χ1) is 13.6. The first-order valence-corrected chi connectivity index (χ1v) is 11.2. The van der Waals surface area contributed by atoms with Crippen molar-refractivity contribution >= 4 is 33.2 Å². The highest BCUT2D eigenvalue weighted by atomic mass is 35.5. The van der Waals surface area contributed by atoms with Gasteiger partial charge in [-0.15, -0.1) is 0 Å². The Morgan fingerprint density at radius 3 is 2.52 bits per heavy atom. The number of nitrogens with one attached hydrogen (secondary N) is 1. The highest BCUT2D eigenvalue weighted by molar-refractivity contribution is 7.92. The van der Waals surface area contributed by atoms with E-state index in [1.54, 1.807) is 12.1 Å². The van der Waals surface area contributed by atoms with Crippen molar-refractivity contribution in [3.8, 4) is 11.5 Å². The van der Waals surface area contributed by atoms with Crippen LogP contribution in [0.25, 0.3) is 0 Å². The van der Waals surface area contributed by atoms with Crippen molar-refractivity contribution < 1.29 is 22.7 Å². The molecule has 1 N–H and O–H groups in total. The zero-order valence-corrected chi connectivity index (χ0v) is 18.4. The summed E-state index contributed by atoms with van der Waals surface area (Å²) in [4.78, 5) is 12.6. The van der Waals surface area contributed by atoms with Crippen LogP contribution in [0.5, 0.6) is 11.5 Å². The molecule has 1 unspecified atom stereocenters. The van der Waals surface area contributed by atoms with E-state index < -0.39 is 22.0 Å². The van der Waals surface area contributed by atoms with Gasteiger partial charge in [0.05, 0.1) is 25.6 Å². The molecule has 1 amide bonds. The molecule has 0 aromatic heterocycles. The highest BCUT2D eigenvalue weighted by Gasteiger charge is 2.31. The topological polar surface area (TPSA) is 84.9 Å². The number of carbonyl (C=O) groups excluding carboxylic acids is 1. The average Bonchev–Trinajstić information content (AvgIpc) is 2.65. The minimum absolute atomic E-state index is 0.196. The number of amides is 1. The van der Waals surface area contributed by atoms with Gasteiger partial charge in [-0.3, -0.25) is 9.10 Å². The number of halogens is 1. The number of rotatable bonds is 9. The van der Waals surface area contributed by atoms with E-state index in [2.05, 4.69) is 5.32 Å². The summed E-state index contributed by atoms with van der Waals surface area (Å²) < 4.78 is 36.8. The maximum absolute atomic E-state index is 12.6. The van der Waals surface area contributed by atoms with Crippen LogP contribution in [0.4, 0.5) is 5.69 Å². The average molecular weight is 441 g/mol. The molecule has 0 saturated carbocycles. The van der Waals surface area contributed by atoms with E-state index in [1.165, 1.54) is 20.1 Å². The number of methoxy groups -OCH3 is 1. The normalized spacial score (nSPS) is 12.2. The third-order valence-corrected chi connectivity index (χ3v) is 5.68. The summed E-state index contributed by atoms with van der Waals surface area (Å²) in [5.41, 5.74) is 1.19. The lowest BCUT2D eigenvalue weighted by molar-refractivity contribution is -0.121. The van der Waals surface area contributed by atoms with Crippen LogP contribution in [0.2, 0.25) is 5.02 Å². The standard InChI is InChI=1S/C20H25ClN2O5S/c1-14-7-5-6-8-18(14)28-12-11-22-20(24)15(2)23(29(4,25)26)17-13-16(21)9-10-19(17)27-3/h5-10,13,15H,11-12H2,1-4H3,(H,22,24). The Morgan fingerprint density at radius 2 is 1.90 bits per heavy atom. The summed E-state index contributed by atoms with van der Waals surface area (Å²) in [5.74, 6) is 0.560. The maximum Gasteiger partial charge on any atom is 0.243 e. The number of hydrogen-bond acceptors (Lipinski definition) is 5. The minimum Gasteiger partial charge on any atom is -0.495 e. The largest absolute Gasteiger partial charge is 0.495 e. The predicted octanol–water partition coefficient (Wildman–Crippen LogP) is 3.01. The summed E-state index contributed by atoms with van der Waals surface area (Å²) in [5, 5.41) is 3.03. The number of hydrogen-bond donors (Lipinski definition) is 1. The molecular weight excluding hydrogens is 416 g/mol. The van der Waals surface area contributed by atoms with Crippen molar-refractivity contribution in [2.24, 2.45) is 0 Å². The molecule has 0 bridgehead atoms. The Balaban J connectivity index is 2.10. The van der Waals surface area contributed by atoms with E-state index in [-0.39, 0.29) is 18.8 Å². The van der Waals surface area contributed by atoms with Gasteiger partial charge in [-0.2, -0.15) is 0 Å². The maximum atomic E-state index is 12.6. The summed E-state index contributed by atoms with van der Waals surface area (Å²) in [6.45, 7) is 3.90. The van der Waals surface area contributed by atoms with E-state index in [0.29, 0.717) is 10.8 Å². The van der Waals surface area contributed by atoms with Gasteiger partial charge in [-0.1, -0.05) is 29.8 Å². The number of para-hydroxylation sites is 1. The van der Waals surface area contributed by atoms with Crippen molar-refractivity contribution in [1.82, 2.24) is 5.32 Å². The van der Waals surface area contributed by atoms with Gasteiger partial charge in [0.1, 0.15) is 24.1 Å². The second-order valence-corrected chi connectivity index (χ2v) is 8.75. The fourth-order valence-electron chi connectivity index (χ4n) is 2.82. The minimum atomic E-state index is -3.79. The van der Waals surface area contributed by atoms with Gasteiger partial charge >= 0.3 is 0 Å². The van der Waals surface area contributed by atoms with Crippen LogP contribution < -0.4 is 19.1 Å². The number of nitrogens with zero attached hydrogens (tertiary/aromatic N) is 1. The molecule has 0 aliphatic carbocycles. The summed E-state index contributed by atoms with van der Waals surface area (Å²) in [7, 11) is -2.37. The molecule has 0 fully saturated rings. The zero-order valence-electron chi connectivity index (χ0n) is 16.8. The number of benzene rings is 2. The Labute approximate surface area is 176 Å². The van der Waals surface area contributed by atoms with Gasteiger partial charge in [0.2, 0.25) is 15.9 Å². The molecule has 0 radical (unpaired) electrons. The molecule has 2 aromatic carbocycles. The molecule has 1 atom stereocenters. The Morgan fingerprint density at radius 1 is 1.21 bits per heavy atom. The van der Waals surface area contributed by atoms with Crippen molar-refractivity contribution in [2.45, 2.75) is 19.9 Å². The number of anilines is 1. The number of aryl methyl sites for hydroxylation is 1. The summed E-state index contributed by atoms with van der Waals surface area (Å²) in [6, 6.07) is 11.1. The van der Waals surface area contributed by atoms with Gasteiger partial charge in [0.25, 0.3) is 0 Å². The van der Waals surface area contributed by atoms with Crippen LogP contribution in [-0.4, -0.2) is 46.9 Å². The molecule has 0 spiro atoms. The first kappa shape index (κ1) is 22.8. The van der Waals surface area contributed by atoms with E-state index in [0.717, 1.165) is 21.9 Å². The lowest BCUT2D eigenvalue weighted by Crippen LogP contribution is -2.48. The summed E-state index contributed by atoms with van der Waals surface area (Å²) >= 11 is 6.03. The Kier molecular flexibility index (Phi) is 7.75. The van der Waals surface area contributed by atoms with Gasteiger partial charge in [-0.05, 0) is 43.7 Å². The van der Waals surface area contributed by atoms with Gasteiger partial charge in [-0.25, -0.2) is 8.42 Å². The quantitative estimate of drug-likeness (QED) is 0.606. The van der Waals surface area contributed by atoms with Crippen molar-refractivity contribution in [2.75, 3.05) is 30.8 Å². The Bertz CT molecular complexity index is 965. The number of sulfonamides is 1. The second-order valence-electron chi connectivity index (χ2n) is 6.46. The molecular formula is C20H25ClN2O5S. The first-order valence-electron chi connectivity index (χ1n) is 8.94. The van der Waals surface area contributed by atoms with Crippen LogP contribution in [0.15, 0.2) is 42.5 Å². The second kappa shape index (κ2) is 9.84. The fraction of sp³-hybridized carbons (Fsp3) is 0.350. The monoisotopic (exact) mass is 440 g/mol. The van der Waals surface area contributed by atoms with Crippen LogP contribution in [0.1, 0.15) is 12.5 Å². The molecule has 2 aromatic rings. The van der Waals surface area contributed by atoms with Crippen molar-refractivity contribution in [3.05, 3.63) is 53.1 Å². The van der Waals surface area contributed by atoms with Crippen molar-refractivity contribution in [3.63, 3.8) is 0 Å². The molecule has 7 nitrogen and oxygen atoms in total. The van der Waals surface area contributed by atoms with E-state index in [9.17, 15) is 13.2 Å². The third kappa shape index (κ3) is 6.01. The van der Waals surface area contributed by atoms with Gasteiger partial charge in [0.15, 0.2) is 0 Å². The Hall–Kier alpha value is -2.45. The molecule has 2 rings (SSSR count). The third-order valence-electron chi connectivity index (χ3n) is 4.22. The van der Waals surface area contributed by atoms with Crippen molar-refractivity contribution in [1.29, 1.82) is 0 Å². The zero-order chi connectivity index (χ0) is 21.6.